The molecule has 2 aromatic rings. The van der Waals surface area contributed by atoms with Crippen LogP contribution in [0.3, 0.4) is 0 Å². The maximum atomic E-state index is 4.43. The number of anilines is 3. The molecule has 0 aliphatic heterocycles. The monoisotopic (exact) mass is 255 g/mol. The van der Waals surface area contributed by atoms with Gasteiger partial charge >= 0.3 is 0 Å². The lowest BCUT2D eigenvalue weighted by atomic mass is 10.1. The van der Waals surface area contributed by atoms with Crippen LogP contribution in [-0.2, 0) is 0 Å². The Morgan fingerprint density at radius 2 is 1.89 bits per heavy atom. The molecule has 0 radical (unpaired) electrons. The van der Waals surface area contributed by atoms with Crippen molar-refractivity contribution in [3.05, 3.63) is 35.5 Å². The first-order valence-electron chi connectivity index (χ1n) is 6.52. The van der Waals surface area contributed by atoms with E-state index in [0.29, 0.717) is 12.0 Å². The number of hydrogen-bond donors (Lipinski definition) is 2. The standard InChI is InChI=1S/C14H17N5/c1-9-4-3-5-10(2)13(9)18-14-17-12(8-15-19-14)16-11-6-7-11/h3-5,8,11H,6-7H2,1-2H3,(H2,16,17,18,19). The van der Waals surface area contributed by atoms with Crippen LogP contribution in [0, 0.1) is 13.8 Å². The average Bonchev–Trinajstić information content (AvgIpc) is 3.18. The highest BCUT2D eigenvalue weighted by molar-refractivity contribution is 5.63. The van der Waals surface area contributed by atoms with Gasteiger partial charge in [-0.05, 0) is 37.8 Å². The lowest BCUT2D eigenvalue weighted by Gasteiger charge is -2.11. The summed E-state index contributed by atoms with van der Waals surface area (Å²) in [6.07, 6.45) is 4.08. The number of benzene rings is 1. The van der Waals surface area contributed by atoms with Gasteiger partial charge in [-0.15, -0.1) is 5.10 Å². The quantitative estimate of drug-likeness (QED) is 0.879. The molecule has 5 heteroatoms. The van der Waals surface area contributed by atoms with Crippen molar-refractivity contribution in [2.75, 3.05) is 10.6 Å². The predicted molar refractivity (Wildman–Crippen MR) is 75.7 cm³/mol. The van der Waals surface area contributed by atoms with Crippen molar-refractivity contribution in [2.45, 2.75) is 32.7 Å². The van der Waals surface area contributed by atoms with Crippen LogP contribution < -0.4 is 10.6 Å². The van der Waals surface area contributed by atoms with Crippen LogP contribution in [0.15, 0.2) is 24.4 Å². The Labute approximate surface area is 112 Å². The topological polar surface area (TPSA) is 62.7 Å². The molecule has 98 valence electrons. The van der Waals surface area contributed by atoms with E-state index >= 15 is 0 Å². The second kappa shape index (κ2) is 4.84. The van der Waals surface area contributed by atoms with Gasteiger partial charge in [-0.3, -0.25) is 0 Å². The largest absolute Gasteiger partial charge is 0.366 e. The summed E-state index contributed by atoms with van der Waals surface area (Å²) in [5.41, 5.74) is 3.39. The predicted octanol–water partition coefficient (Wildman–Crippen LogP) is 2.81. The lowest BCUT2D eigenvalue weighted by molar-refractivity contribution is 0.964. The van der Waals surface area contributed by atoms with Gasteiger partial charge in [-0.1, -0.05) is 18.2 Å². The van der Waals surface area contributed by atoms with Gasteiger partial charge in [-0.2, -0.15) is 10.1 Å². The van der Waals surface area contributed by atoms with E-state index in [1.54, 1.807) is 6.20 Å². The molecule has 2 N–H and O–H groups in total. The number of nitrogens with one attached hydrogen (secondary N) is 2. The van der Waals surface area contributed by atoms with Crippen LogP contribution in [0.25, 0.3) is 0 Å². The van der Waals surface area contributed by atoms with Crippen LogP contribution in [-0.4, -0.2) is 21.2 Å². The zero-order chi connectivity index (χ0) is 13.2. The van der Waals surface area contributed by atoms with Crippen LogP contribution in [0.4, 0.5) is 17.5 Å². The summed E-state index contributed by atoms with van der Waals surface area (Å²) < 4.78 is 0. The summed E-state index contributed by atoms with van der Waals surface area (Å²) in [5.74, 6) is 1.31. The molecule has 5 nitrogen and oxygen atoms in total. The molecule has 1 aromatic heterocycles. The Morgan fingerprint density at radius 3 is 2.58 bits per heavy atom. The van der Waals surface area contributed by atoms with Gasteiger partial charge in [0.2, 0.25) is 5.95 Å². The van der Waals surface area contributed by atoms with Gasteiger partial charge in [0.15, 0.2) is 5.82 Å². The van der Waals surface area contributed by atoms with Crippen molar-refractivity contribution >= 4 is 17.5 Å². The van der Waals surface area contributed by atoms with Gasteiger partial charge in [-0.25, -0.2) is 0 Å². The molecule has 1 fully saturated rings. The van der Waals surface area contributed by atoms with E-state index in [9.17, 15) is 0 Å². The number of aromatic nitrogens is 3. The third-order valence-corrected chi connectivity index (χ3v) is 3.21. The van der Waals surface area contributed by atoms with E-state index < -0.39 is 0 Å². The minimum absolute atomic E-state index is 0.531. The number of rotatable bonds is 4. The van der Waals surface area contributed by atoms with Crippen molar-refractivity contribution in [3.8, 4) is 0 Å². The molecule has 1 heterocycles. The van der Waals surface area contributed by atoms with Gasteiger partial charge in [0, 0.05) is 11.7 Å². The molecule has 0 saturated heterocycles. The van der Waals surface area contributed by atoms with Crippen LogP contribution in [0.2, 0.25) is 0 Å². The molecule has 0 spiro atoms. The highest BCUT2D eigenvalue weighted by Crippen LogP contribution is 2.25. The number of para-hydroxylation sites is 1. The molecule has 1 saturated carbocycles. The molecule has 0 amide bonds. The van der Waals surface area contributed by atoms with E-state index in [1.807, 2.05) is 6.07 Å². The summed E-state index contributed by atoms with van der Waals surface area (Å²) in [6.45, 7) is 4.13. The molecule has 3 rings (SSSR count). The van der Waals surface area contributed by atoms with Crippen molar-refractivity contribution in [1.29, 1.82) is 0 Å². The fourth-order valence-electron chi connectivity index (χ4n) is 1.99. The van der Waals surface area contributed by atoms with Gasteiger partial charge in [0.25, 0.3) is 0 Å². The second-order valence-corrected chi connectivity index (χ2v) is 4.98. The Balaban J connectivity index is 1.82. The molecule has 1 aliphatic carbocycles. The van der Waals surface area contributed by atoms with E-state index in [0.717, 1.165) is 11.5 Å². The molecule has 0 unspecified atom stereocenters. The third kappa shape index (κ3) is 2.81. The highest BCUT2D eigenvalue weighted by atomic mass is 15.3. The first kappa shape index (κ1) is 11.9. The third-order valence-electron chi connectivity index (χ3n) is 3.21. The molecule has 1 aliphatic rings. The maximum absolute atomic E-state index is 4.43. The van der Waals surface area contributed by atoms with Gasteiger partial charge < -0.3 is 10.6 Å². The zero-order valence-electron chi connectivity index (χ0n) is 11.1. The van der Waals surface area contributed by atoms with Crippen molar-refractivity contribution in [1.82, 2.24) is 15.2 Å². The van der Waals surface area contributed by atoms with Crippen LogP contribution >= 0.6 is 0 Å². The summed E-state index contributed by atoms with van der Waals surface area (Å²) in [6, 6.07) is 6.73. The number of hydrogen-bond acceptors (Lipinski definition) is 5. The molecule has 0 bridgehead atoms. The lowest BCUT2D eigenvalue weighted by Crippen LogP contribution is -2.07. The highest BCUT2D eigenvalue weighted by Gasteiger charge is 2.21. The van der Waals surface area contributed by atoms with Crippen LogP contribution in [0.1, 0.15) is 24.0 Å². The smallest absolute Gasteiger partial charge is 0.249 e. The number of nitrogens with zero attached hydrogens (tertiary/aromatic N) is 3. The Kier molecular flexibility index (Phi) is 3.03. The maximum Gasteiger partial charge on any atom is 0.249 e. The van der Waals surface area contributed by atoms with Crippen molar-refractivity contribution in [2.24, 2.45) is 0 Å². The summed E-state index contributed by atoms with van der Waals surface area (Å²) in [5, 5.41) is 14.6. The first-order chi connectivity index (χ1) is 9.22. The molecular weight excluding hydrogens is 238 g/mol. The zero-order valence-corrected chi connectivity index (χ0v) is 11.1. The van der Waals surface area contributed by atoms with Gasteiger partial charge in [0.05, 0.1) is 6.20 Å². The summed E-state index contributed by atoms with van der Waals surface area (Å²) in [7, 11) is 0. The molecule has 19 heavy (non-hydrogen) atoms. The molecule has 1 aromatic carbocycles. The van der Waals surface area contributed by atoms with E-state index in [1.165, 1.54) is 24.0 Å². The van der Waals surface area contributed by atoms with Crippen molar-refractivity contribution in [3.63, 3.8) is 0 Å². The van der Waals surface area contributed by atoms with E-state index in [2.05, 4.69) is 51.8 Å². The minimum Gasteiger partial charge on any atom is -0.366 e. The first-order valence-corrected chi connectivity index (χ1v) is 6.52. The summed E-state index contributed by atoms with van der Waals surface area (Å²) in [4.78, 5) is 4.43. The van der Waals surface area contributed by atoms with Crippen LogP contribution in [0.5, 0.6) is 0 Å². The normalized spacial score (nSPS) is 14.2. The molecular formula is C14H17N5. The minimum atomic E-state index is 0.531. The number of aryl methyl sites for hydroxylation is 2. The summed E-state index contributed by atoms with van der Waals surface area (Å²) >= 11 is 0. The second-order valence-electron chi connectivity index (χ2n) is 4.98. The Bertz CT molecular complexity index is 572. The average molecular weight is 255 g/mol. The SMILES string of the molecule is Cc1cccc(C)c1Nc1nncc(NC2CC2)n1. The molecule has 0 atom stereocenters. The fourth-order valence-corrected chi connectivity index (χ4v) is 1.99. The Morgan fingerprint density at radius 1 is 1.16 bits per heavy atom. The van der Waals surface area contributed by atoms with E-state index in [-0.39, 0.29) is 0 Å². The van der Waals surface area contributed by atoms with Gasteiger partial charge in [0.1, 0.15) is 0 Å². The van der Waals surface area contributed by atoms with Crippen molar-refractivity contribution < 1.29 is 0 Å². The van der Waals surface area contributed by atoms with E-state index in [4.69, 9.17) is 0 Å². The Hall–Kier alpha value is -2.17. The fraction of sp³-hybridized carbons (Fsp3) is 0.357.